The molecule has 3 amide bonds. The second-order valence-electron chi connectivity index (χ2n) is 10.6. The molecule has 0 spiro atoms. The number of aliphatic imine (C=N–C) groups is 1. The fourth-order valence-electron chi connectivity index (χ4n) is 4.69. The first-order chi connectivity index (χ1) is 21.8. The molecule has 0 bridgehead atoms. The predicted octanol–water partition coefficient (Wildman–Crippen LogP) is 7.34. The molecule has 1 N–H and O–H groups in total. The van der Waals surface area contributed by atoms with E-state index in [4.69, 9.17) is 0 Å². The molecule has 46 heavy (non-hydrogen) atoms. The first kappa shape index (κ1) is 32.6. The highest BCUT2D eigenvalue weighted by molar-refractivity contribution is 8.15. The largest absolute Gasteiger partial charge is 0.573 e. The smallest absolute Gasteiger partial charge is 0.406 e. The fraction of sp³-hybridized carbons (Fsp3) is 0.258. The van der Waals surface area contributed by atoms with Gasteiger partial charge in [-0.15, -0.1) is 18.3 Å². The standard InChI is InChI=1S/C31H27F5N6O3S/c1-17(2)24-14-21(32)8-13-25(24)42-26(43)15-46-30(42)39-29(44)38-18(3)27(33)19-4-6-20(7-5-19)28-37-16-41(40-28)22-9-11-23(12-10-22)45-31(34,35)36/h4-14,16-18,27H,15H2,1-3H3,(H,38,44). The third-order valence-corrected chi connectivity index (χ3v) is 7.84. The summed E-state index contributed by atoms with van der Waals surface area (Å²) in [5.41, 5.74) is 2.29. The van der Waals surface area contributed by atoms with Crippen LogP contribution in [0.5, 0.6) is 5.75 Å². The maximum Gasteiger partial charge on any atom is 0.573 e. The number of amides is 3. The van der Waals surface area contributed by atoms with Crippen LogP contribution >= 0.6 is 11.8 Å². The van der Waals surface area contributed by atoms with Crippen LogP contribution in [-0.4, -0.2) is 50.0 Å². The molecular formula is C31H27F5N6O3S. The van der Waals surface area contributed by atoms with E-state index in [0.29, 0.717) is 28.3 Å². The molecule has 1 saturated heterocycles. The summed E-state index contributed by atoms with van der Waals surface area (Å²) in [5, 5.41) is 6.96. The van der Waals surface area contributed by atoms with E-state index in [-0.39, 0.29) is 34.1 Å². The maximum absolute atomic E-state index is 15.4. The van der Waals surface area contributed by atoms with Crippen LogP contribution in [0, 0.1) is 5.82 Å². The number of amidine groups is 1. The van der Waals surface area contributed by atoms with Crippen LogP contribution < -0.4 is 15.0 Å². The number of thioether (sulfide) groups is 1. The highest BCUT2D eigenvalue weighted by atomic mass is 32.2. The van der Waals surface area contributed by atoms with Crippen molar-refractivity contribution in [3.8, 4) is 22.8 Å². The average Bonchev–Trinajstić information content (AvgIpc) is 3.63. The molecule has 1 aliphatic rings. The van der Waals surface area contributed by atoms with Gasteiger partial charge >= 0.3 is 12.4 Å². The van der Waals surface area contributed by atoms with E-state index < -0.39 is 30.4 Å². The van der Waals surface area contributed by atoms with Crippen LogP contribution in [0.25, 0.3) is 17.1 Å². The number of urea groups is 1. The summed E-state index contributed by atoms with van der Waals surface area (Å²) in [5.74, 6) is -0.890. The van der Waals surface area contributed by atoms with Crippen molar-refractivity contribution in [1.82, 2.24) is 20.1 Å². The van der Waals surface area contributed by atoms with Gasteiger partial charge in [-0.3, -0.25) is 9.69 Å². The molecule has 2 unspecified atom stereocenters. The van der Waals surface area contributed by atoms with Crippen LogP contribution in [0.15, 0.2) is 78.0 Å². The normalized spacial score (nSPS) is 15.8. The molecule has 15 heteroatoms. The van der Waals surface area contributed by atoms with Crippen molar-refractivity contribution >= 4 is 34.6 Å². The molecule has 2 heterocycles. The number of ether oxygens (including phenoxy) is 1. The highest BCUT2D eigenvalue weighted by Crippen LogP contribution is 2.34. The van der Waals surface area contributed by atoms with Crippen molar-refractivity contribution in [2.75, 3.05) is 10.7 Å². The SMILES string of the molecule is CC(C)c1cc(F)ccc1N1C(=O)CSC1=NC(=O)NC(C)C(F)c1ccc(-c2ncn(-c3ccc(OC(F)(F)F)cc3)n2)cc1. The van der Waals surface area contributed by atoms with Crippen molar-refractivity contribution in [2.45, 2.75) is 45.3 Å². The van der Waals surface area contributed by atoms with Gasteiger partial charge in [0.25, 0.3) is 0 Å². The van der Waals surface area contributed by atoms with Crippen LogP contribution in [-0.2, 0) is 4.79 Å². The number of rotatable bonds is 8. The Labute approximate surface area is 264 Å². The average molecular weight is 659 g/mol. The van der Waals surface area contributed by atoms with E-state index in [1.54, 1.807) is 12.1 Å². The van der Waals surface area contributed by atoms with Crippen molar-refractivity contribution in [3.63, 3.8) is 0 Å². The zero-order chi connectivity index (χ0) is 33.2. The molecule has 4 aromatic rings. The monoisotopic (exact) mass is 658 g/mol. The number of hydrogen-bond donors (Lipinski definition) is 1. The number of carbonyl (C=O) groups excluding carboxylic acids is 2. The third-order valence-electron chi connectivity index (χ3n) is 6.92. The number of carbonyl (C=O) groups is 2. The molecule has 0 radical (unpaired) electrons. The van der Waals surface area contributed by atoms with E-state index in [1.807, 2.05) is 13.8 Å². The van der Waals surface area contributed by atoms with Crippen molar-refractivity contribution < 1.29 is 36.3 Å². The lowest BCUT2D eigenvalue weighted by Crippen LogP contribution is -2.36. The quantitative estimate of drug-likeness (QED) is 0.199. The van der Waals surface area contributed by atoms with E-state index >= 15 is 4.39 Å². The van der Waals surface area contributed by atoms with Crippen molar-refractivity contribution in [1.29, 1.82) is 0 Å². The second-order valence-corrected chi connectivity index (χ2v) is 11.5. The van der Waals surface area contributed by atoms with E-state index in [9.17, 15) is 27.2 Å². The number of alkyl halides is 4. The van der Waals surface area contributed by atoms with Gasteiger partial charge in [-0.1, -0.05) is 49.9 Å². The van der Waals surface area contributed by atoms with E-state index in [0.717, 1.165) is 23.9 Å². The summed E-state index contributed by atoms with van der Waals surface area (Å²) in [6, 6.07) is 13.6. The second kappa shape index (κ2) is 13.3. The van der Waals surface area contributed by atoms with Crippen LogP contribution in [0.2, 0.25) is 0 Å². The number of halogens is 5. The number of nitrogens with one attached hydrogen (secondary N) is 1. The molecule has 1 fully saturated rings. The topological polar surface area (TPSA) is 102 Å². The molecule has 0 aliphatic carbocycles. The zero-order valence-electron chi connectivity index (χ0n) is 24.6. The van der Waals surface area contributed by atoms with E-state index in [2.05, 4.69) is 25.1 Å². The van der Waals surface area contributed by atoms with Gasteiger partial charge in [0.2, 0.25) is 5.91 Å². The summed E-state index contributed by atoms with van der Waals surface area (Å²) >= 11 is 1.06. The van der Waals surface area contributed by atoms with Gasteiger partial charge in [0.15, 0.2) is 11.0 Å². The van der Waals surface area contributed by atoms with Gasteiger partial charge in [-0.2, -0.15) is 4.99 Å². The Morgan fingerprint density at radius 3 is 2.39 bits per heavy atom. The summed E-state index contributed by atoms with van der Waals surface area (Å²) in [7, 11) is 0. The molecule has 1 aliphatic heterocycles. The lowest BCUT2D eigenvalue weighted by molar-refractivity contribution is -0.274. The lowest BCUT2D eigenvalue weighted by Gasteiger charge is -2.22. The Hall–Kier alpha value is -4.79. The highest BCUT2D eigenvalue weighted by Gasteiger charge is 2.33. The Bertz CT molecular complexity index is 1760. The molecule has 9 nitrogen and oxygen atoms in total. The molecule has 5 rings (SSSR count). The Morgan fingerprint density at radius 2 is 1.74 bits per heavy atom. The zero-order valence-corrected chi connectivity index (χ0v) is 25.4. The first-order valence-electron chi connectivity index (χ1n) is 14.0. The van der Waals surface area contributed by atoms with Gasteiger partial charge in [0, 0.05) is 5.56 Å². The minimum Gasteiger partial charge on any atom is -0.406 e. The number of anilines is 1. The minimum absolute atomic E-state index is 0.0466. The minimum atomic E-state index is -4.80. The Morgan fingerprint density at radius 1 is 1.04 bits per heavy atom. The lowest BCUT2D eigenvalue weighted by atomic mass is 10.0. The molecule has 0 saturated carbocycles. The van der Waals surface area contributed by atoms with E-state index in [1.165, 1.54) is 65.3 Å². The van der Waals surface area contributed by atoms with Crippen LogP contribution in [0.1, 0.15) is 44.0 Å². The van der Waals surface area contributed by atoms with Gasteiger partial charge in [-0.05, 0) is 66.4 Å². The van der Waals surface area contributed by atoms with Crippen LogP contribution in [0.4, 0.5) is 32.4 Å². The maximum atomic E-state index is 15.4. The Balaban J connectivity index is 1.23. The molecule has 3 aromatic carbocycles. The van der Waals surface area contributed by atoms with Crippen molar-refractivity contribution in [2.24, 2.45) is 4.99 Å². The number of aromatic nitrogens is 3. The van der Waals surface area contributed by atoms with Gasteiger partial charge < -0.3 is 10.1 Å². The number of benzene rings is 3. The number of nitrogens with zero attached hydrogens (tertiary/aromatic N) is 5. The molecule has 1 aromatic heterocycles. The molecule has 2 atom stereocenters. The summed E-state index contributed by atoms with van der Waals surface area (Å²) < 4.78 is 71.8. The summed E-state index contributed by atoms with van der Waals surface area (Å²) in [6.07, 6.45) is -5.02. The molecule has 240 valence electrons. The molecular weight excluding hydrogens is 631 g/mol. The summed E-state index contributed by atoms with van der Waals surface area (Å²) in [4.78, 5) is 35.0. The summed E-state index contributed by atoms with van der Waals surface area (Å²) in [6.45, 7) is 5.19. The third kappa shape index (κ3) is 7.53. The number of hydrogen-bond acceptors (Lipinski definition) is 6. The Kier molecular flexibility index (Phi) is 9.42. The fourth-order valence-corrected chi connectivity index (χ4v) is 5.54. The van der Waals surface area contributed by atoms with Crippen molar-refractivity contribution in [3.05, 3.63) is 90.0 Å². The van der Waals surface area contributed by atoms with Gasteiger partial charge in [0.05, 0.1) is 23.2 Å². The predicted molar refractivity (Wildman–Crippen MR) is 163 cm³/mol. The first-order valence-corrected chi connectivity index (χ1v) is 14.9. The van der Waals surface area contributed by atoms with Gasteiger partial charge in [-0.25, -0.2) is 23.2 Å². The van der Waals surface area contributed by atoms with Gasteiger partial charge in [0.1, 0.15) is 24.1 Å². The van der Waals surface area contributed by atoms with Crippen LogP contribution in [0.3, 0.4) is 0 Å².